The third-order valence-corrected chi connectivity index (χ3v) is 8.04. The Morgan fingerprint density at radius 3 is 2.00 bits per heavy atom. The van der Waals surface area contributed by atoms with E-state index in [-0.39, 0.29) is 73.2 Å². The monoisotopic (exact) mass is 658 g/mol. The lowest BCUT2D eigenvalue weighted by Crippen LogP contribution is -2.62. The van der Waals surface area contributed by atoms with E-state index in [9.17, 15) is 34.8 Å². The van der Waals surface area contributed by atoms with Crippen molar-refractivity contribution in [3.8, 4) is 34.3 Å². The molecule has 16 heteroatoms. The first kappa shape index (κ1) is 32.2. The summed E-state index contributed by atoms with van der Waals surface area (Å²) in [7, 11) is 0. The van der Waals surface area contributed by atoms with Gasteiger partial charge >= 0.3 is 12.2 Å². The molecule has 0 aliphatic carbocycles. The van der Waals surface area contributed by atoms with Gasteiger partial charge in [-0.25, -0.2) is 9.59 Å². The summed E-state index contributed by atoms with van der Waals surface area (Å²) in [5.41, 5.74) is -0.794. The van der Waals surface area contributed by atoms with E-state index in [0.29, 0.717) is 13.2 Å². The normalized spacial score (nSPS) is 24.9. The number of benzene rings is 2. The van der Waals surface area contributed by atoms with Crippen molar-refractivity contribution >= 4 is 23.2 Å². The Morgan fingerprint density at radius 1 is 0.830 bits per heavy atom. The van der Waals surface area contributed by atoms with Crippen LogP contribution in [0.1, 0.15) is 6.92 Å². The summed E-state index contributed by atoms with van der Waals surface area (Å²) in [6.07, 6.45) is -8.85. The SMILES string of the molecule is C[C@@H]1O[C@@H](Oc2c(-c3ccc(O)cc3)oc3cc(O)cc(O)c3c2=O)[C@H](O)[C@H](OC(=O)N2CCOCC2)[C@H]1OC(=O)N1CCOCC1. The third-order valence-electron chi connectivity index (χ3n) is 8.04. The van der Waals surface area contributed by atoms with Gasteiger partial charge < -0.3 is 63.1 Å². The predicted octanol–water partition coefficient (Wildman–Crippen LogP) is 1.74. The number of rotatable bonds is 5. The molecule has 0 spiro atoms. The molecular formula is C31H34N2O14. The molecule has 2 aromatic carbocycles. The number of fused-ring (bicyclic) bond motifs is 1. The molecule has 3 saturated heterocycles. The highest BCUT2D eigenvalue weighted by molar-refractivity contribution is 5.88. The van der Waals surface area contributed by atoms with E-state index in [2.05, 4.69) is 0 Å². The highest BCUT2D eigenvalue weighted by atomic mass is 16.7. The number of ether oxygens (including phenoxy) is 6. The molecule has 1 aromatic heterocycles. The first-order valence-corrected chi connectivity index (χ1v) is 15.0. The number of carbonyl (C=O) groups excluding carboxylic acids is 2. The van der Waals surface area contributed by atoms with Crippen LogP contribution in [0.5, 0.6) is 23.0 Å². The van der Waals surface area contributed by atoms with Crippen molar-refractivity contribution in [3.63, 3.8) is 0 Å². The standard InChI is InChI=1S/C31H34N2O14/c1-16-25(46-30(39)32-6-10-41-11-7-32)28(47-31(40)33-8-12-42-13-9-33)24(38)29(43-16)45-27-23(37)22-20(36)14-19(35)15-21(22)44-26(27)17-2-4-18(34)5-3-17/h2-5,14-16,24-25,28-29,34-36,38H,6-13H2,1H3/t16-,24+,25-,28-,29-/m0/s1. The van der Waals surface area contributed by atoms with Crippen molar-refractivity contribution in [2.24, 2.45) is 0 Å². The third kappa shape index (κ3) is 6.71. The van der Waals surface area contributed by atoms with Crippen molar-refractivity contribution in [2.45, 2.75) is 37.6 Å². The molecule has 252 valence electrons. The van der Waals surface area contributed by atoms with Crippen molar-refractivity contribution in [2.75, 3.05) is 52.6 Å². The molecule has 3 aromatic rings. The summed E-state index contributed by atoms with van der Waals surface area (Å²) in [6.45, 7) is 3.73. The molecule has 3 aliphatic rings. The molecule has 5 atom stereocenters. The van der Waals surface area contributed by atoms with Gasteiger partial charge in [0.25, 0.3) is 0 Å². The van der Waals surface area contributed by atoms with Gasteiger partial charge in [-0.1, -0.05) is 0 Å². The maximum absolute atomic E-state index is 13.8. The minimum Gasteiger partial charge on any atom is -0.508 e. The molecule has 0 radical (unpaired) electrons. The van der Waals surface area contributed by atoms with Gasteiger partial charge in [0.05, 0.1) is 32.5 Å². The number of phenols is 3. The Hall–Kier alpha value is -4.77. The zero-order valence-corrected chi connectivity index (χ0v) is 25.3. The number of amides is 2. The average Bonchev–Trinajstić information content (AvgIpc) is 3.06. The molecule has 16 nitrogen and oxygen atoms in total. The van der Waals surface area contributed by atoms with Crippen LogP contribution in [0.25, 0.3) is 22.3 Å². The fourth-order valence-corrected chi connectivity index (χ4v) is 5.55. The summed E-state index contributed by atoms with van der Waals surface area (Å²) < 4.78 is 40.0. The van der Waals surface area contributed by atoms with Crippen LogP contribution in [0.15, 0.2) is 45.6 Å². The molecule has 4 heterocycles. The number of morpholine rings is 2. The second-order valence-electron chi connectivity index (χ2n) is 11.2. The van der Waals surface area contributed by atoms with Crippen LogP contribution in [-0.2, 0) is 23.7 Å². The van der Waals surface area contributed by atoms with Gasteiger partial charge in [-0.15, -0.1) is 0 Å². The minimum atomic E-state index is -1.81. The lowest BCUT2D eigenvalue weighted by Gasteiger charge is -2.43. The summed E-state index contributed by atoms with van der Waals surface area (Å²) in [6, 6.07) is 7.63. The maximum Gasteiger partial charge on any atom is 0.410 e. The van der Waals surface area contributed by atoms with Gasteiger partial charge in [-0.2, -0.15) is 0 Å². The van der Waals surface area contributed by atoms with Crippen LogP contribution in [0.2, 0.25) is 0 Å². The fourth-order valence-electron chi connectivity index (χ4n) is 5.55. The van der Waals surface area contributed by atoms with Gasteiger partial charge in [0, 0.05) is 43.9 Å². The molecule has 0 unspecified atom stereocenters. The van der Waals surface area contributed by atoms with Gasteiger partial charge in [0.2, 0.25) is 17.5 Å². The molecule has 0 bridgehead atoms. The van der Waals surface area contributed by atoms with E-state index in [1.54, 1.807) is 0 Å². The Bertz CT molecular complexity index is 1670. The molecule has 3 fully saturated rings. The maximum atomic E-state index is 13.8. The summed E-state index contributed by atoms with van der Waals surface area (Å²) >= 11 is 0. The van der Waals surface area contributed by atoms with Gasteiger partial charge in [0.1, 0.15) is 28.2 Å². The Kier molecular flexibility index (Phi) is 9.26. The Balaban J connectivity index is 1.35. The van der Waals surface area contributed by atoms with Gasteiger partial charge in [-0.05, 0) is 31.2 Å². The molecule has 0 saturated carbocycles. The topological polar surface area (TPSA) is 207 Å². The van der Waals surface area contributed by atoms with Crippen LogP contribution in [0.3, 0.4) is 0 Å². The second kappa shape index (κ2) is 13.5. The number of nitrogens with zero attached hydrogens (tertiary/aromatic N) is 2. The van der Waals surface area contributed by atoms with Crippen LogP contribution >= 0.6 is 0 Å². The Labute approximate surface area is 267 Å². The quantitative estimate of drug-likeness (QED) is 0.308. The van der Waals surface area contributed by atoms with Crippen LogP contribution in [0, 0.1) is 0 Å². The highest BCUT2D eigenvalue weighted by Gasteiger charge is 2.50. The van der Waals surface area contributed by atoms with E-state index in [1.807, 2.05) is 0 Å². The first-order chi connectivity index (χ1) is 22.6. The van der Waals surface area contributed by atoms with Crippen LogP contribution < -0.4 is 10.2 Å². The van der Waals surface area contributed by atoms with Crippen molar-refractivity contribution in [1.29, 1.82) is 0 Å². The summed E-state index contributed by atoms with van der Waals surface area (Å²) in [5, 5.41) is 41.6. The summed E-state index contributed by atoms with van der Waals surface area (Å²) in [4.78, 5) is 42.9. The smallest absolute Gasteiger partial charge is 0.410 e. The zero-order valence-electron chi connectivity index (χ0n) is 25.3. The van der Waals surface area contributed by atoms with E-state index in [0.717, 1.165) is 12.1 Å². The molecule has 3 aliphatic heterocycles. The van der Waals surface area contributed by atoms with Crippen LogP contribution in [0.4, 0.5) is 9.59 Å². The van der Waals surface area contributed by atoms with Crippen LogP contribution in [-0.4, -0.2) is 126 Å². The first-order valence-electron chi connectivity index (χ1n) is 15.0. The molecular weight excluding hydrogens is 624 g/mol. The van der Waals surface area contributed by atoms with E-state index < -0.39 is 59.8 Å². The number of hydrogen-bond donors (Lipinski definition) is 4. The van der Waals surface area contributed by atoms with Crippen molar-refractivity contribution in [3.05, 3.63) is 46.6 Å². The van der Waals surface area contributed by atoms with E-state index >= 15 is 0 Å². The lowest BCUT2D eigenvalue weighted by molar-refractivity contribution is -0.269. The molecule has 47 heavy (non-hydrogen) atoms. The van der Waals surface area contributed by atoms with Gasteiger partial charge in [0.15, 0.2) is 24.1 Å². The van der Waals surface area contributed by atoms with Crippen molar-refractivity contribution in [1.82, 2.24) is 9.80 Å². The fraction of sp³-hybridized carbons (Fsp3) is 0.452. The largest absolute Gasteiger partial charge is 0.508 e. The average molecular weight is 659 g/mol. The number of hydrogen-bond acceptors (Lipinski definition) is 14. The Morgan fingerprint density at radius 2 is 1.40 bits per heavy atom. The lowest BCUT2D eigenvalue weighted by atomic mass is 9.99. The second-order valence-corrected chi connectivity index (χ2v) is 11.2. The number of aliphatic hydroxyl groups excluding tert-OH is 1. The highest BCUT2D eigenvalue weighted by Crippen LogP contribution is 2.38. The molecule has 6 rings (SSSR count). The number of aliphatic hydroxyl groups is 1. The van der Waals surface area contributed by atoms with Gasteiger partial charge in [-0.3, -0.25) is 4.79 Å². The van der Waals surface area contributed by atoms with E-state index in [1.165, 1.54) is 41.0 Å². The zero-order chi connectivity index (χ0) is 33.2. The predicted molar refractivity (Wildman–Crippen MR) is 159 cm³/mol. The molecule has 2 amide bonds. The van der Waals surface area contributed by atoms with E-state index in [4.69, 9.17) is 32.8 Å². The number of carbonyl (C=O) groups is 2. The minimum absolute atomic E-state index is 0.0721. The van der Waals surface area contributed by atoms with Crippen molar-refractivity contribution < 1.29 is 62.9 Å². The molecule has 4 N–H and O–H groups in total. The number of phenolic OH excluding ortho intramolecular Hbond substituents is 3. The number of aromatic hydroxyl groups is 3. The summed E-state index contributed by atoms with van der Waals surface area (Å²) in [5.74, 6) is -1.72.